The molecule has 4 rings (SSSR count). The highest BCUT2D eigenvalue weighted by Crippen LogP contribution is 2.41. The Hall–Kier alpha value is -2.44. The van der Waals surface area contributed by atoms with Gasteiger partial charge in [0, 0.05) is 11.0 Å². The molecule has 0 saturated heterocycles. The predicted molar refractivity (Wildman–Crippen MR) is 142 cm³/mol. The average Bonchev–Trinajstić information content (AvgIpc) is 3.29. The zero-order chi connectivity index (χ0) is 27.2. The summed E-state index contributed by atoms with van der Waals surface area (Å²) in [4.78, 5) is 3.95. The van der Waals surface area contributed by atoms with Crippen molar-refractivity contribution in [3.8, 4) is 5.75 Å². The molecule has 3 aromatic carbocycles. The lowest BCUT2D eigenvalue weighted by Gasteiger charge is -2.08. The van der Waals surface area contributed by atoms with Gasteiger partial charge in [-0.2, -0.15) is 13.2 Å². The molecule has 0 aliphatic heterocycles. The zero-order valence-electron chi connectivity index (χ0n) is 20.0. The summed E-state index contributed by atoms with van der Waals surface area (Å²) in [7, 11) is -4.48. The third-order valence-corrected chi connectivity index (χ3v) is 10.2. The SMILES string of the molecule is COc1ccc(Sc2ccc([S+](c3ccc(C)cc3)c3ccc(C)cc3)s2)cc1.O=S(=O)([O-])C(F)(F)F. The molecule has 0 atom stereocenters. The van der Waals surface area contributed by atoms with Gasteiger partial charge in [0.05, 0.1) is 11.3 Å². The molecule has 0 unspecified atom stereocenters. The fraction of sp³-hybridized carbons (Fsp3) is 0.154. The molecule has 0 spiro atoms. The van der Waals surface area contributed by atoms with Crippen LogP contribution >= 0.6 is 23.1 Å². The number of hydrogen-bond acceptors (Lipinski definition) is 6. The molecular formula is C26H23F3O4S4. The molecule has 0 saturated carbocycles. The van der Waals surface area contributed by atoms with E-state index in [9.17, 15) is 13.2 Å². The lowest BCUT2D eigenvalue weighted by molar-refractivity contribution is -0.0517. The van der Waals surface area contributed by atoms with Gasteiger partial charge in [-0.05, 0) is 68.4 Å². The van der Waals surface area contributed by atoms with Crippen LogP contribution in [-0.4, -0.2) is 25.6 Å². The maximum absolute atomic E-state index is 10.7. The van der Waals surface area contributed by atoms with Crippen molar-refractivity contribution in [1.29, 1.82) is 0 Å². The highest BCUT2D eigenvalue weighted by atomic mass is 32.2. The number of benzene rings is 3. The Balaban J connectivity index is 0.000000414. The second kappa shape index (κ2) is 12.4. The molecule has 4 aromatic rings. The van der Waals surface area contributed by atoms with Crippen LogP contribution in [0.25, 0.3) is 0 Å². The van der Waals surface area contributed by atoms with Crippen LogP contribution in [0.3, 0.4) is 0 Å². The van der Waals surface area contributed by atoms with Crippen molar-refractivity contribution in [2.24, 2.45) is 0 Å². The number of hydrogen-bond donors (Lipinski definition) is 0. The van der Waals surface area contributed by atoms with Gasteiger partial charge in [-0.1, -0.05) is 58.5 Å². The lowest BCUT2D eigenvalue weighted by Crippen LogP contribution is -2.21. The highest BCUT2D eigenvalue weighted by Gasteiger charge is 2.37. The van der Waals surface area contributed by atoms with Crippen molar-refractivity contribution >= 4 is 44.1 Å². The molecule has 4 nitrogen and oxygen atoms in total. The molecule has 0 radical (unpaired) electrons. The van der Waals surface area contributed by atoms with Crippen molar-refractivity contribution in [3.05, 3.63) is 96.1 Å². The zero-order valence-corrected chi connectivity index (χ0v) is 23.2. The smallest absolute Gasteiger partial charge is 0.485 e. The minimum Gasteiger partial charge on any atom is -0.741 e. The van der Waals surface area contributed by atoms with Gasteiger partial charge >= 0.3 is 5.51 Å². The van der Waals surface area contributed by atoms with Crippen molar-refractivity contribution in [1.82, 2.24) is 0 Å². The van der Waals surface area contributed by atoms with E-state index in [1.54, 1.807) is 7.11 Å². The van der Waals surface area contributed by atoms with Crippen LogP contribution in [0, 0.1) is 13.8 Å². The third kappa shape index (κ3) is 8.27. The van der Waals surface area contributed by atoms with Gasteiger partial charge in [0.25, 0.3) is 0 Å². The molecule has 0 N–H and O–H groups in total. The van der Waals surface area contributed by atoms with Gasteiger partial charge in [-0.25, -0.2) is 8.42 Å². The third-order valence-electron chi connectivity index (χ3n) is 4.83. The van der Waals surface area contributed by atoms with Crippen molar-refractivity contribution in [3.63, 3.8) is 0 Å². The summed E-state index contributed by atoms with van der Waals surface area (Å²) in [5.74, 6) is 0.890. The molecule has 0 aliphatic rings. The van der Waals surface area contributed by atoms with Crippen LogP contribution < -0.4 is 4.74 Å². The van der Waals surface area contributed by atoms with Crippen molar-refractivity contribution in [2.75, 3.05) is 7.11 Å². The minimum absolute atomic E-state index is 0.0882. The van der Waals surface area contributed by atoms with Gasteiger partial charge in [0.15, 0.2) is 19.9 Å². The Morgan fingerprint density at radius 2 is 1.27 bits per heavy atom. The first-order chi connectivity index (χ1) is 17.4. The van der Waals surface area contributed by atoms with Crippen LogP contribution in [0.15, 0.2) is 108 Å². The van der Waals surface area contributed by atoms with Gasteiger partial charge in [0.1, 0.15) is 16.6 Å². The molecule has 11 heteroatoms. The van der Waals surface area contributed by atoms with E-state index in [0.29, 0.717) is 0 Å². The van der Waals surface area contributed by atoms with Crippen molar-refractivity contribution in [2.45, 2.75) is 42.5 Å². The molecular weight excluding hydrogens is 562 g/mol. The number of ether oxygens (including phenoxy) is 1. The maximum atomic E-state index is 10.7. The molecule has 1 aromatic heterocycles. The van der Waals surface area contributed by atoms with E-state index in [-0.39, 0.29) is 10.9 Å². The minimum atomic E-state index is -6.09. The molecule has 1 heterocycles. The molecule has 0 fully saturated rings. The second-order valence-corrected chi connectivity index (χ2v) is 13.8. The molecule has 0 aliphatic carbocycles. The van der Waals surface area contributed by atoms with Crippen LogP contribution in [-0.2, 0) is 21.0 Å². The quantitative estimate of drug-likeness (QED) is 0.132. The summed E-state index contributed by atoms with van der Waals surface area (Å²) in [5.41, 5.74) is -3.06. The summed E-state index contributed by atoms with van der Waals surface area (Å²) < 4.78 is 66.9. The average molecular weight is 585 g/mol. The molecule has 37 heavy (non-hydrogen) atoms. The van der Waals surface area contributed by atoms with E-state index < -0.39 is 15.6 Å². The number of methoxy groups -OCH3 is 1. The van der Waals surface area contributed by atoms with Crippen LogP contribution in [0.2, 0.25) is 0 Å². The summed E-state index contributed by atoms with van der Waals surface area (Å²) in [6.45, 7) is 4.28. The topological polar surface area (TPSA) is 66.4 Å². The Bertz CT molecular complexity index is 1350. The number of halogens is 3. The maximum Gasteiger partial charge on any atom is 0.485 e. The summed E-state index contributed by atoms with van der Waals surface area (Å²) in [6.07, 6.45) is 0. The number of aryl methyl sites for hydroxylation is 2. The Labute approximate surface area is 225 Å². The van der Waals surface area contributed by atoms with E-state index in [2.05, 4.69) is 86.6 Å². The predicted octanol–water partition coefficient (Wildman–Crippen LogP) is 7.67. The van der Waals surface area contributed by atoms with Gasteiger partial charge < -0.3 is 9.29 Å². The van der Waals surface area contributed by atoms with Gasteiger partial charge in [0.2, 0.25) is 4.21 Å². The molecule has 196 valence electrons. The lowest BCUT2D eigenvalue weighted by atomic mass is 10.2. The summed E-state index contributed by atoms with van der Waals surface area (Å²) in [6, 6.07) is 30.7. The van der Waals surface area contributed by atoms with Crippen LogP contribution in [0.5, 0.6) is 5.75 Å². The molecule has 0 amide bonds. The monoisotopic (exact) mass is 584 g/mol. The van der Waals surface area contributed by atoms with Gasteiger partial charge in [-0.3, -0.25) is 0 Å². The normalized spacial score (nSPS) is 11.7. The molecule has 0 bridgehead atoms. The summed E-state index contributed by atoms with van der Waals surface area (Å²) >= 11 is 3.70. The Morgan fingerprint density at radius 1 is 0.811 bits per heavy atom. The Kier molecular flexibility index (Phi) is 9.76. The second-order valence-electron chi connectivity index (χ2n) is 7.68. The fourth-order valence-corrected chi connectivity index (χ4v) is 7.88. The highest BCUT2D eigenvalue weighted by molar-refractivity contribution is 8.02. The number of alkyl halides is 3. The van der Waals surface area contributed by atoms with E-state index in [1.165, 1.54) is 34.2 Å². The first-order valence-corrected chi connectivity index (χ1v) is 15.0. The van der Waals surface area contributed by atoms with Crippen LogP contribution in [0.1, 0.15) is 11.1 Å². The Morgan fingerprint density at radius 3 is 1.68 bits per heavy atom. The van der Waals surface area contributed by atoms with E-state index >= 15 is 0 Å². The first kappa shape index (κ1) is 29.1. The van der Waals surface area contributed by atoms with E-state index in [4.69, 9.17) is 17.7 Å². The number of thiophene rings is 1. The van der Waals surface area contributed by atoms with E-state index in [0.717, 1.165) is 5.75 Å². The fourth-order valence-electron chi connectivity index (χ4n) is 2.94. The van der Waals surface area contributed by atoms with E-state index in [1.807, 2.05) is 35.2 Å². The van der Waals surface area contributed by atoms with Crippen molar-refractivity contribution < 1.29 is 30.9 Å². The first-order valence-electron chi connectivity index (χ1n) is 10.7. The number of rotatable bonds is 6. The largest absolute Gasteiger partial charge is 0.741 e. The van der Waals surface area contributed by atoms with Crippen LogP contribution in [0.4, 0.5) is 13.2 Å². The summed E-state index contributed by atoms with van der Waals surface area (Å²) in [5, 5.41) is 0. The van der Waals surface area contributed by atoms with Gasteiger partial charge in [-0.15, -0.1) is 0 Å². The standard InChI is InChI=1S/C25H23OS3.CHF3O3S/c1-18-4-12-22(13-5-18)29(23-14-6-19(2)7-15-23)25-17-16-24(28-25)27-21-10-8-20(26-3)9-11-21;2-1(3,4)8(5,6)7/h4-17H,1-3H3;(H,5,6,7)/q+1;/p-1.